The molecule has 0 saturated carbocycles. The van der Waals surface area contributed by atoms with Crippen molar-refractivity contribution in [1.82, 2.24) is 5.32 Å². The fourth-order valence-corrected chi connectivity index (χ4v) is 2.54. The Kier molecular flexibility index (Phi) is 6.80. The Morgan fingerprint density at radius 3 is 2.45 bits per heavy atom. The Labute approximate surface area is 144 Å². The zero-order valence-corrected chi connectivity index (χ0v) is 15.7. The number of carbonyl (C=O) groups excluding carboxylic acids is 2. The van der Waals surface area contributed by atoms with Gasteiger partial charge in [0, 0.05) is 10.1 Å². The normalized spacial score (nSPS) is 11.2. The van der Waals surface area contributed by atoms with Crippen LogP contribution in [0.1, 0.15) is 42.3 Å². The van der Waals surface area contributed by atoms with Crippen LogP contribution >= 0.6 is 22.6 Å². The van der Waals surface area contributed by atoms with Gasteiger partial charge < -0.3 is 14.8 Å². The van der Waals surface area contributed by atoms with Crippen LogP contribution in [0.2, 0.25) is 0 Å². The summed E-state index contributed by atoms with van der Waals surface area (Å²) in [6.45, 7) is 7.96. The van der Waals surface area contributed by atoms with Crippen molar-refractivity contribution in [2.45, 2.75) is 39.8 Å². The van der Waals surface area contributed by atoms with Gasteiger partial charge in [0.1, 0.15) is 5.60 Å². The molecule has 0 aliphatic carbocycles. The van der Waals surface area contributed by atoms with Crippen LogP contribution in [0.5, 0.6) is 0 Å². The monoisotopic (exact) mass is 419 g/mol. The molecule has 22 heavy (non-hydrogen) atoms. The molecule has 0 spiro atoms. The minimum atomic E-state index is -0.490. The van der Waals surface area contributed by atoms with E-state index >= 15 is 0 Å². The largest absolute Gasteiger partial charge is 0.465 e. The van der Waals surface area contributed by atoms with Gasteiger partial charge in [-0.15, -0.1) is 0 Å². The molecule has 0 unspecified atom stereocenters. The second-order valence-electron chi connectivity index (χ2n) is 5.93. The van der Waals surface area contributed by atoms with Gasteiger partial charge in [0.25, 0.3) is 0 Å². The molecular formula is C16H22INO4. The Morgan fingerprint density at radius 2 is 1.91 bits per heavy atom. The molecule has 1 N–H and O–H groups in total. The van der Waals surface area contributed by atoms with E-state index in [9.17, 15) is 9.59 Å². The number of methoxy groups -OCH3 is 1. The van der Waals surface area contributed by atoms with Crippen LogP contribution in [0, 0.1) is 10.5 Å². The van der Waals surface area contributed by atoms with E-state index in [0.717, 1.165) is 14.7 Å². The summed E-state index contributed by atoms with van der Waals surface area (Å²) in [5.41, 5.74) is 1.86. The number of halogens is 1. The number of carbonyl (C=O) groups is 2. The molecule has 0 aliphatic rings. The molecule has 0 fully saturated rings. The summed E-state index contributed by atoms with van der Waals surface area (Å²) in [4.78, 5) is 23.4. The average molecular weight is 419 g/mol. The van der Waals surface area contributed by atoms with Crippen molar-refractivity contribution in [2.24, 2.45) is 0 Å². The van der Waals surface area contributed by atoms with Gasteiger partial charge in [0.05, 0.1) is 19.2 Å². The van der Waals surface area contributed by atoms with Crippen LogP contribution in [0.4, 0.5) is 0 Å². The number of hydrogen-bond donors (Lipinski definition) is 1. The molecular weight excluding hydrogens is 397 g/mol. The van der Waals surface area contributed by atoms with E-state index in [2.05, 4.69) is 27.9 Å². The zero-order valence-electron chi connectivity index (χ0n) is 13.6. The topological polar surface area (TPSA) is 64.6 Å². The number of esters is 2. The van der Waals surface area contributed by atoms with Gasteiger partial charge in [0.2, 0.25) is 0 Å². The lowest BCUT2D eigenvalue weighted by atomic mass is 10.1. The maximum atomic E-state index is 11.8. The van der Waals surface area contributed by atoms with Crippen molar-refractivity contribution >= 4 is 34.5 Å². The first-order valence-corrected chi connectivity index (χ1v) is 8.02. The summed E-state index contributed by atoms with van der Waals surface area (Å²) in [5, 5.41) is 3.02. The standard InChI is InChI=1S/C16H22INO4/c1-10-12(15(20)21-5)6-11(7-13(10)17)8-18-9-14(19)22-16(2,3)4/h6-7,18H,8-9H2,1-5H3. The second-order valence-corrected chi connectivity index (χ2v) is 7.09. The van der Waals surface area contributed by atoms with E-state index < -0.39 is 5.60 Å². The fourth-order valence-electron chi connectivity index (χ4n) is 1.85. The van der Waals surface area contributed by atoms with Crippen LogP contribution in [0.3, 0.4) is 0 Å². The number of benzene rings is 1. The highest BCUT2D eigenvalue weighted by Crippen LogP contribution is 2.20. The fraction of sp³-hybridized carbons (Fsp3) is 0.500. The van der Waals surface area contributed by atoms with Crippen LogP contribution in [0.15, 0.2) is 12.1 Å². The minimum Gasteiger partial charge on any atom is -0.465 e. The van der Waals surface area contributed by atoms with Crippen LogP contribution < -0.4 is 5.32 Å². The van der Waals surface area contributed by atoms with Gasteiger partial charge in [-0.25, -0.2) is 4.79 Å². The molecule has 1 aromatic rings. The molecule has 0 saturated heterocycles. The summed E-state index contributed by atoms with van der Waals surface area (Å²) in [6, 6.07) is 3.76. The van der Waals surface area contributed by atoms with Crippen molar-refractivity contribution in [1.29, 1.82) is 0 Å². The quantitative estimate of drug-likeness (QED) is 0.588. The number of ether oxygens (including phenoxy) is 2. The molecule has 1 aromatic carbocycles. The third-order valence-electron chi connectivity index (χ3n) is 2.83. The van der Waals surface area contributed by atoms with Crippen LogP contribution in [-0.2, 0) is 20.8 Å². The third kappa shape index (κ3) is 5.92. The Bertz CT molecular complexity index is 564. The summed E-state index contributed by atoms with van der Waals surface area (Å²) < 4.78 is 11.0. The first-order valence-electron chi connectivity index (χ1n) is 6.94. The molecule has 0 atom stereocenters. The lowest BCUT2D eigenvalue weighted by Gasteiger charge is -2.19. The van der Waals surface area contributed by atoms with Gasteiger partial charge in [-0.1, -0.05) is 0 Å². The molecule has 0 aliphatic heterocycles. The molecule has 0 aromatic heterocycles. The maximum absolute atomic E-state index is 11.8. The number of nitrogens with one attached hydrogen (secondary N) is 1. The predicted molar refractivity (Wildman–Crippen MR) is 92.8 cm³/mol. The SMILES string of the molecule is COC(=O)c1cc(CNCC(=O)OC(C)(C)C)cc(I)c1C. The third-order valence-corrected chi connectivity index (χ3v) is 3.95. The van der Waals surface area contributed by atoms with Gasteiger partial charge >= 0.3 is 11.9 Å². The smallest absolute Gasteiger partial charge is 0.338 e. The molecule has 6 heteroatoms. The lowest BCUT2D eigenvalue weighted by molar-refractivity contribution is -0.153. The van der Waals surface area contributed by atoms with Gasteiger partial charge in [-0.2, -0.15) is 0 Å². The first-order chi connectivity index (χ1) is 10.1. The lowest BCUT2D eigenvalue weighted by Crippen LogP contribution is -2.31. The van der Waals surface area contributed by atoms with E-state index in [4.69, 9.17) is 9.47 Å². The maximum Gasteiger partial charge on any atom is 0.338 e. The molecule has 5 nitrogen and oxygen atoms in total. The number of hydrogen-bond acceptors (Lipinski definition) is 5. The van der Waals surface area contributed by atoms with Gasteiger partial charge in [0.15, 0.2) is 0 Å². The van der Waals surface area contributed by atoms with E-state index in [1.54, 1.807) is 6.07 Å². The second kappa shape index (κ2) is 7.92. The molecule has 0 radical (unpaired) electrons. The summed E-state index contributed by atoms with van der Waals surface area (Å²) in [6.07, 6.45) is 0. The van der Waals surface area contributed by atoms with E-state index in [-0.39, 0.29) is 18.5 Å². The highest BCUT2D eigenvalue weighted by molar-refractivity contribution is 14.1. The molecule has 1 rings (SSSR count). The van der Waals surface area contributed by atoms with Gasteiger partial charge in [-0.05, 0) is 73.5 Å². The zero-order chi connectivity index (χ0) is 16.9. The van der Waals surface area contributed by atoms with Crippen molar-refractivity contribution in [3.8, 4) is 0 Å². The molecule has 0 amide bonds. The van der Waals surface area contributed by atoms with Crippen LogP contribution in [-0.4, -0.2) is 31.2 Å². The highest BCUT2D eigenvalue weighted by atomic mass is 127. The summed E-state index contributed by atoms with van der Waals surface area (Å²) >= 11 is 2.18. The van der Waals surface area contributed by atoms with E-state index in [1.807, 2.05) is 33.8 Å². The van der Waals surface area contributed by atoms with Gasteiger partial charge in [-0.3, -0.25) is 4.79 Å². The number of rotatable bonds is 5. The summed E-state index contributed by atoms with van der Waals surface area (Å²) in [7, 11) is 1.36. The van der Waals surface area contributed by atoms with E-state index in [1.165, 1.54) is 7.11 Å². The van der Waals surface area contributed by atoms with Crippen molar-refractivity contribution in [2.75, 3.05) is 13.7 Å². The Balaban J connectivity index is 2.69. The van der Waals surface area contributed by atoms with E-state index in [0.29, 0.717) is 12.1 Å². The summed E-state index contributed by atoms with van der Waals surface area (Å²) in [5.74, 6) is -0.660. The Morgan fingerprint density at radius 1 is 1.27 bits per heavy atom. The van der Waals surface area contributed by atoms with Crippen molar-refractivity contribution in [3.05, 3.63) is 32.4 Å². The highest BCUT2D eigenvalue weighted by Gasteiger charge is 2.16. The molecule has 0 bridgehead atoms. The average Bonchev–Trinajstić information content (AvgIpc) is 2.39. The Hall–Kier alpha value is -1.15. The van der Waals surface area contributed by atoms with Crippen LogP contribution in [0.25, 0.3) is 0 Å². The first kappa shape index (κ1) is 18.9. The minimum absolute atomic E-state index is 0.120. The van der Waals surface area contributed by atoms with Crippen molar-refractivity contribution < 1.29 is 19.1 Å². The molecule has 122 valence electrons. The molecule has 0 heterocycles. The predicted octanol–water partition coefficient (Wildman–Crippen LogP) is 2.82. The van der Waals surface area contributed by atoms with Crippen molar-refractivity contribution in [3.63, 3.8) is 0 Å².